The maximum Gasteiger partial charge on any atom is 0.296 e. The maximum absolute atomic E-state index is 13.3. The van der Waals surface area contributed by atoms with Gasteiger partial charge >= 0.3 is 0 Å². The molecule has 2 aliphatic heterocycles. The van der Waals surface area contributed by atoms with E-state index in [0.717, 1.165) is 56.9 Å². The largest absolute Gasteiger partial charge is 0.389 e. The van der Waals surface area contributed by atoms with Crippen molar-refractivity contribution in [2.24, 2.45) is 74.1 Å². The highest BCUT2D eigenvalue weighted by Crippen LogP contribution is 2.75. The van der Waals surface area contributed by atoms with Crippen LogP contribution < -0.4 is 0 Å². The summed E-state index contributed by atoms with van der Waals surface area (Å²) in [4.78, 5) is 3.23. The van der Waals surface area contributed by atoms with Crippen LogP contribution >= 0.6 is 0 Å². The predicted molar refractivity (Wildman–Crippen MR) is 308 cm³/mol. The number of ether oxygens (including phenoxy) is 12. The molecule has 2 N–H and O–H groups in total. The number of nitrogens with zero attached hydrogens (tertiary/aromatic N) is 3. The van der Waals surface area contributed by atoms with Crippen LogP contribution in [-0.4, -0.2) is 159 Å². The molecular formula is C63H101N3O17S. The molecule has 0 aromatic heterocycles. The fourth-order valence-electron chi connectivity index (χ4n) is 20.5. The van der Waals surface area contributed by atoms with Crippen LogP contribution in [0.15, 0.2) is 34.3 Å². The first-order valence-electron chi connectivity index (χ1n) is 31.2. The van der Waals surface area contributed by atoms with Crippen LogP contribution in [0.1, 0.15) is 151 Å². The van der Waals surface area contributed by atoms with E-state index in [-0.39, 0.29) is 104 Å². The lowest BCUT2D eigenvalue weighted by atomic mass is 9.39. The Hall–Kier alpha value is -2.12. The van der Waals surface area contributed by atoms with Crippen molar-refractivity contribution in [3.63, 3.8) is 0 Å². The second-order valence-corrected chi connectivity index (χ2v) is 30.6. The van der Waals surface area contributed by atoms with Crippen LogP contribution in [0.25, 0.3) is 10.4 Å². The summed E-state index contributed by atoms with van der Waals surface area (Å²) < 4.78 is 108. The molecule has 2 saturated heterocycles. The molecule has 0 bridgehead atoms. The number of aliphatic hydroxyl groups is 2. The highest BCUT2D eigenvalue weighted by molar-refractivity contribution is 7.86. The lowest BCUT2D eigenvalue weighted by molar-refractivity contribution is -0.405. The van der Waals surface area contributed by atoms with Crippen LogP contribution in [-0.2, 0) is 71.1 Å². The Kier molecular flexibility index (Phi) is 18.5. The molecule has 0 amide bonds. The quantitative estimate of drug-likeness (QED) is 0.0456. The molecule has 4 unspecified atom stereocenters. The van der Waals surface area contributed by atoms with E-state index in [1.165, 1.54) is 0 Å². The molecule has 476 valence electrons. The van der Waals surface area contributed by atoms with E-state index in [1.54, 1.807) is 52.7 Å². The SMILES string of the molecule is COCO[C@@H]1C[C@]2(C)[C@@H](CN=[N+]=[N-])CC[C@]2(OCOC)C2CC[C@]3(O)C[C@@H](C)C[C@H]4OC(C)(C)OC[C@]43C21.COCO[C@@H]1C[C@]2(C)[C@@H](COS(=O)(=O)c3ccc(C)cc3)CC[C@]2(OCOC)C2CC[C@]3(O)C[C@@H](C)C[C@H]4OC(C)(C)OC[C@]43C21. The van der Waals surface area contributed by atoms with Gasteiger partial charge in [0.25, 0.3) is 10.1 Å². The van der Waals surface area contributed by atoms with E-state index in [0.29, 0.717) is 70.1 Å². The van der Waals surface area contributed by atoms with Crippen molar-refractivity contribution in [3.05, 3.63) is 40.3 Å². The second-order valence-electron chi connectivity index (χ2n) is 28.9. The van der Waals surface area contributed by atoms with Crippen molar-refractivity contribution < 1.29 is 79.7 Å². The Balaban J connectivity index is 0.000000191. The zero-order valence-corrected chi connectivity index (χ0v) is 53.4. The molecule has 2 spiro atoms. The van der Waals surface area contributed by atoms with Gasteiger partial charge < -0.3 is 67.1 Å². The van der Waals surface area contributed by atoms with Gasteiger partial charge in [-0.2, -0.15) is 8.42 Å². The number of benzene rings is 1. The van der Waals surface area contributed by atoms with Gasteiger partial charge in [-0.15, -0.1) is 0 Å². The zero-order chi connectivity index (χ0) is 60.6. The van der Waals surface area contributed by atoms with Crippen molar-refractivity contribution in [2.45, 2.75) is 215 Å². The molecule has 1 aromatic carbocycles. The van der Waals surface area contributed by atoms with Gasteiger partial charge in [-0.05, 0) is 178 Å². The van der Waals surface area contributed by atoms with Gasteiger partial charge in [-0.1, -0.05) is 50.5 Å². The first-order valence-corrected chi connectivity index (χ1v) is 32.6. The molecule has 21 heteroatoms. The van der Waals surface area contributed by atoms with Gasteiger partial charge in [-0.3, -0.25) is 4.18 Å². The average molecular weight is 1200 g/mol. The lowest BCUT2D eigenvalue weighted by Crippen LogP contribution is -2.78. The second kappa shape index (κ2) is 23.9. The van der Waals surface area contributed by atoms with Crippen LogP contribution in [0.5, 0.6) is 0 Å². The fourth-order valence-corrected chi connectivity index (χ4v) is 21.5. The van der Waals surface area contributed by atoms with Gasteiger partial charge in [-0.25, -0.2) is 0 Å². The molecule has 20 nitrogen and oxygen atoms in total. The molecule has 0 radical (unpaired) electrons. The molecule has 20 atom stereocenters. The monoisotopic (exact) mass is 1200 g/mol. The van der Waals surface area contributed by atoms with Crippen molar-refractivity contribution >= 4 is 10.1 Å². The summed E-state index contributed by atoms with van der Waals surface area (Å²) in [6, 6.07) is 6.73. The third-order valence-electron chi connectivity index (χ3n) is 23.9. The van der Waals surface area contributed by atoms with Gasteiger partial charge in [0, 0.05) is 62.6 Å². The van der Waals surface area contributed by atoms with E-state index in [2.05, 4.69) is 37.7 Å². The summed E-state index contributed by atoms with van der Waals surface area (Å²) in [5.41, 5.74) is 4.82. The van der Waals surface area contributed by atoms with Gasteiger partial charge in [0.15, 0.2) is 11.6 Å². The Bertz CT molecular complexity index is 2630. The number of hydrogen-bond acceptors (Lipinski definition) is 18. The van der Waals surface area contributed by atoms with Crippen molar-refractivity contribution in [3.8, 4) is 0 Å². The first kappa shape index (κ1) is 64.9. The Morgan fingerprint density at radius 1 is 0.631 bits per heavy atom. The zero-order valence-electron chi connectivity index (χ0n) is 52.6. The summed E-state index contributed by atoms with van der Waals surface area (Å²) in [6.45, 7) is 20.5. The fraction of sp³-hybridized carbons (Fsp3) is 0.905. The van der Waals surface area contributed by atoms with Gasteiger partial charge in [0.2, 0.25) is 0 Å². The molecule has 11 rings (SSSR count). The molecule has 2 heterocycles. The smallest absolute Gasteiger partial charge is 0.296 e. The number of methoxy groups -OCH3 is 4. The molecule has 84 heavy (non-hydrogen) atoms. The van der Waals surface area contributed by atoms with E-state index < -0.39 is 60.3 Å². The molecule has 10 aliphatic rings. The summed E-state index contributed by atoms with van der Waals surface area (Å²) in [5, 5.41) is 29.3. The number of rotatable bonds is 18. The Labute approximate surface area is 499 Å². The third-order valence-corrected chi connectivity index (χ3v) is 25.2. The van der Waals surface area contributed by atoms with Gasteiger partial charge in [0.05, 0.1) is 82.4 Å². The van der Waals surface area contributed by atoms with Crippen LogP contribution in [0.2, 0.25) is 0 Å². The highest BCUT2D eigenvalue weighted by atomic mass is 32.2. The molecule has 8 saturated carbocycles. The predicted octanol–water partition coefficient (Wildman–Crippen LogP) is 9.98. The topological polar surface area (TPSA) is 243 Å². The molecule has 10 fully saturated rings. The number of aryl methyl sites for hydroxylation is 1. The molecular weight excluding hydrogens is 1100 g/mol. The first-order chi connectivity index (χ1) is 39.7. The number of fused-ring (bicyclic) bond motifs is 6. The molecule has 1 aromatic rings. The van der Waals surface area contributed by atoms with E-state index >= 15 is 0 Å². The lowest BCUT2D eigenvalue weighted by Gasteiger charge is -2.71. The standard InChI is InChI=1S/C35H54O10S.C28H47N3O7/c1-23-8-10-26(11-9-23)46(37,38)44-19-25-12-15-35(43-22-40-7)27-13-14-33(36)17-24(2)16-29-34(33,20-42-31(3,4)45-29)30(27)28(41-21-39-6)18-32(25,35)5;1-18-11-22-27(15-36-24(2,3)38-22)23-20(8-9-26(27,32)12-18)28(37-17-34-6)10-7-19(14-30-31-29)25(28,4)13-21(23)35-16-33-5/h8-11,24-25,27-30,36H,12-22H2,1-7H3;18-23,32H,7-17H2,1-6H3/t24-,25+,27?,28+,29+,30?,32+,33-,34+,35-;18-,19+,20?,21+,22+,23?,25+,26-,27+,28-/m00/s1. The van der Waals surface area contributed by atoms with Gasteiger partial charge in [0.1, 0.15) is 27.2 Å². The van der Waals surface area contributed by atoms with Crippen LogP contribution in [0.4, 0.5) is 0 Å². The third kappa shape index (κ3) is 10.5. The Morgan fingerprint density at radius 3 is 1.51 bits per heavy atom. The normalized spacial score (nSPS) is 46.0. The summed E-state index contributed by atoms with van der Waals surface area (Å²) in [5.74, 6) is -0.993. The van der Waals surface area contributed by atoms with Crippen LogP contribution in [0.3, 0.4) is 0 Å². The highest BCUT2D eigenvalue weighted by Gasteiger charge is 2.79. The number of azide groups is 1. The minimum Gasteiger partial charge on any atom is -0.389 e. The minimum atomic E-state index is -3.96. The molecule has 8 aliphatic carbocycles. The Morgan fingerprint density at radius 2 is 1.07 bits per heavy atom. The summed E-state index contributed by atoms with van der Waals surface area (Å²) >= 11 is 0. The summed E-state index contributed by atoms with van der Waals surface area (Å²) in [7, 11) is 2.59. The average Bonchev–Trinajstić information content (AvgIpc) is 1.18. The van der Waals surface area contributed by atoms with Crippen molar-refractivity contribution in [1.29, 1.82) is 0 Å². The summed E-state index contributed by atoms with van der Waals surface area (Å²) in [6.07, 6.45) is 9.44. The van der Waals surface area contributed by atoms with Crippen LogP contribution in [0, 0.1) is 75.9 Å². The van der Waals surface area contributed by atoms with E-state index in [9.17, 15) is 18.6 Å². The van der Waals surface area contributed by atoms with Crippen molar-refractivity contribution in [2.75, 3.05) is 82.0 Å². The van der Waals surface area contributed by atoms with Crippen molar-refractivity contribution in [1.82, 2.24) is 0 Å². The minimum absolute atomic E-state index is 0.0356. The maximum atomic E-state index is 13.3. The number of hydrogen-bond donors (Lipinski definition) is 2. The van der Waals surface area contributed by atoms with E-state index in [4.69, 9.17) is 66.6 Å². The van der Waals surface area contributed by atoms with E-state index in [1.807, 2.05) is 34.6 Å².